The van der Waals surface area contributed by atoms with Crippen molar-refractivity contribution in [2.24, 2.45) is 0 Å². The second-order valence-electron chi connectivity index (χ2n) is 3.90. The first kappa shape index (κ1) is 10.2. The number of nitrogens with two attached hydrogens (primary N) is 1. The third kappa shape index (κ3) is 3.36. The summed E-state index contributed by atoms with van der Waals surface area (Å²) in [5, 5.41) is 3.46. The molecule has 3 heteroatoms. The highest BCUT2D eigenvalue weighted by Crippen LogP contribution is 2.18. The van der Waals surface area contributed by atoms with Crippen LogP contribution in [0.3, 0.4) is 0 Å². The van der Waals surface area contributed by atoms with Gasteiger partial charge in [0.05, 0.1) is 0 Å². The van der Waals surface area contributed by atoms with Crippen molar-refractivity contribution >= 4 is 11.9 Å². The van der Waals surface area contributed by atoms with Crippen LogP contribution in [0.25, 0.3) is 6.08 Å². The largest absolute Gasteiger partial charge is 0.383 e. The van der Waals surface area contributed by atoms with Crippen LogP contribution in [-0.2, 0) is 0 Å². The fourth-order valence-corrected chi connectivity index (χ4v) is 1.44. The van der Waals surface area contributed by atoms with Gasteiger partial charge in [0.1, 0.15) is 5.82 Å². The maximum absolute atomic E-state index is 5.72. The number of nitrogens with one attached hydrogen (secondary N) is 1. The van der Waals surface area contributed by atoms with Crippen molar-refractivity contribution in [3.63, 3.8) is 0 Å². The predicted octanol–water partition coefficient (Wildman–Crippen LogP) is 1.82. The zero-order valence-corrected chi connectivity index (χ0v) is 8.82. The summed E-state index contributed by atoms with van der Waals surface area (Å²) in [6, 6.07) is 4.67. The molecule has 0 aliphatic heterocycles. The van der Waals surface area contributed by atoms with E-state index < -0.39 is 0 Å². The van der Waals surface area contributed by atoms with Crippen LogP contribution in [0.1, 0.15) is 24.8 Å². The van der Waals surface area contributed by atoms with Gasteiger partial charge in [0.25, 0.3) is 0 Å². The monoisotopic (exact) mass is 203 g/mol. The van der Waals surface area contributed by atoms with E-state index in [0.717, 1.165) is 24.6 Å². The summed E-state index contributed by atoms with van der Waals surface area (Å²) in [6.07, 6.45) is 9.63. The molecule has 0 radical (unpaired) electrons. The number of nitrogen functional groups attached to an aromatic ring is 1. The molecule has 0 atom stereocenters. The number of pyridine rings is 1. The van der Waals surface area contributed by atoms with Gasteiger partial charge in [-0.2, -0.15) is 0 Å². The van der Waals surface area contributed by atoms with Gasteiger partial charge in [0, 0.05) is 17.8 Å². The van der Waals surface area contributed by atoms with Gasteiger partial charge in [-0.3, -0.25) is 0 Å². The minimum absolute atomic E-state index is 0.601. The summed E-state index contributed by atoms with van der Waals surface area (Å²) in [5.41, 5.74) is 6.72. The summed E-state index contributed by atoms with van der Waals surface area (Å²) >= 11 is 0. The zero-order valence-electron chi connectivity index (χ0n) is 8.82. The Balaban J connectivity index is 1.74. The third-order valence-corrected chi connectivity index (χ3v) is 2.49. The average molecular weight is 203 g/mol. The molecule has 1 fully saturated rings. The summed E-state index contributed by atoms with van der Waals surface area (Å²) in [6.45, 7) is 1.06. The first-order valence-electron chi connectivity index (χ1n) is 5.46. The van der Waals surface area contributed by atoms with Gasteiger partial charge in [0.2, 0.25) is 0 Å². The molecule has 3 N–H and O–H groups in total. The second-order valence-corrected chi connectivity index (χ2v) is 3.90. The van der Waals surface area contributed by atoms with Gasteiger partial charge in [-0.1, -0.05) is 12.2 Å². The van der Waals surface area contributed by atoms with Crippen molar-refractivity contribution in [3.05, 3.63) is 30.0 Å². The van der Waals surface area contributed by atoms with Gasteiger partial charge >= 0.3 is 0 Å². The van der Waals surface area contributed by atoms with Crippen LogP contribution >= 0.6 is 0 Å². The summed E-state index contributed by atoms with van der Waals surface area (Å²) in [7, 11) is 0. The Hall–Kier alpha value is -1.35. The number of rotatable bonds is 5. The Labute approximate surface area is 90.4 Å². The van der Waals surface area contributed by atoms with E-state index >= 15 is 0 Å². The predicted molar refractivity (Wildman–Crippen MR) is 63.3 cm³/mol. The Morgan fingerprint density at radius 3 is 3.13 bits per heavy atom. The van der Waals surface area contributed by atoms with Gasteiger partial charge in [0.15, 0.2) is 0 Å². The SMILES string of the molecule is Nc1ncccc1C=CCCNC1CC1. The molecular weight excluding hydrogens is 186 g/mol. The Kier molecular flexibility index (Phi) is 3.35. The molecule has 1 aromatic heterocycles. The number of nitrogens with zero attached hydrogens (tertiary/aromatic N) is 1. The molecule has 1 heterocycles. The van der Waals surface area contributed by atoms with Crippen molar-refractivity contribution in [2.75, 3.05) is 12.3 Å². The Morgan fingerprint density at radius 1 is 1.53 bits per heavy atom. The van der Waals surface area contributed by atoms with Crippen LogP contribution in [-0.4, -0.2) is 17.6 Å². The highest BCUT2D eigenvalue weighted by atomic mass is 14.9. The second kappa shape index (κ2) is 4.94. The molecule has 80 valence electrons. The van der Waals surface area contributed by atoms with E-state index in [-0.39, 0.29) is 0 Å². The van der Waals surface area contributed by atoms with Gasteiger partial charge in [-0.05, 0) is 37.9 Å². The molecule has 1 aliphatic rings. The topological polar surface area (TPSA) is 50.9 Å². The van der Waals surface area contributed by atoms with E-state index in [0.29, 0.717) is 5.82 Å². The fraction of sp³-hybridized carbons (Fsp3) is 0.417. The molecule has 0 unspecified atom stereocenters. The number of hydrogen-bond donors (Lipinski definition) is 2. The molecule has 2 rings (SSSR count). The molecule has 0 bridgehead atoms. The number of hydrogen-bond acceptors (Lipinski definition) is 3. The average Bonchev–Trinajstić information content (AvgIpc) is 3.04. The highest BCUT2D eigenvalue weighted by Gasteiger charge is 2.19. The molecular formula is C12H17N3. The van der Waals surface area contributed by atoms with Crippen molar-refractivity contribution in [1.82, 2.24) is 10.3 Å². The van der Waals surface area contributed by atoms with Gasteiger partial charge in [-0.25, -0.2) is 4.98 Å². The van der Waals surface area contributed by atoms with Crippen LogP contribution in [0.15, 0.2) is 24.4 Å². The van der Waals surface area contributed by atoms with E-state index in [1.807, 2.05) is 18.2 Å². The molecule has 1 saturated carbocycles. The first-order valence-corrected chi connectivity index (χ1v) is 5.46. The molecule has 3 nitrogen and oxygen atoms in total. The molecule has 0 aromatic carbocycles. The van der Waals surface area contributed by atoms with Crippen molar-refractivity contribution in [1.29, 1.82) is 0 Å². The van der Waals surface area contributed by atoms with Crippen LogP contribution < -0.4 is 11.1 Å². The van der Waals surface area contributed by atoms with E-state index in [1.54, 1.807) is 6.20 Å². The molecule has 15 heavy (non-hydrogen) atoms. The molecule has 1 aliphatic carbocycles. The summed E-state index contributed by atoms with van der Waals surface area (Å²) < 4.78 is 0. The minimum Gasteiger partial charge on any atom is -0.383 e. The van der Waals surface area contributed by atoms with Crippen molar-refractivity contribution in [3.8, 4) is 0 Å². The van der Waals surface area contributed by atoms with E-state index in [1.165, 1.54) is 12.8 Å². The number of anilines is 1. The third-order valence-electron chi connectivity index (χ3n) is 2.49. The maximum atomic E-state index is 5.72. The molecule has 1 aromatic rings. The van der Waals surface area contributed by atoms with Crippen LogP contribution in [0.2, 0.25) is 0 Å². The lowest BCUT2D eigenvalue weighted by Crippen LogP contribution is -2.16. The quantitative estimate of drug-likeness (QED) is 0.718. The summed E-state index contributed by atoms with van der Waals surface area (Å²) in [5.74, 6) is 0.601. The van der Waals surface area contributed by atoms with Crippen LogP contribution in [0.4, 0.5) is 5.82 Å². The van der Waals surface area contributed by atoms with Crippen LogP contribution in [0, 0.1) is 0 Å². The first-order chi connectivity index (χ1) is 7.36. The standard InChI is InChI=1S/C12H17N3/c13-12-10(5-3-9-15-12)4-1-2-8-14-11-6-7-11/h1,3-5,9,11,14H,2,6-8H2,(H2,13,15). The smallest absolute Gasteiger partial charge is 0.130 e. The zero-order chi connectivity index (χ0) is 10.5. The normalized spacial score (nSPS) is 16.0. The molecule has 0 amide bonds. The lowest BCUT2D eigenvalue weighted by atomic mass is 10.2. The highest BCUT2D eigenvalue weighted by molar-refractivity contribution is 5.60. The van der Waals surface area contributed by atoms with E-state index in [9.17, 15) is 0 Å². The Bertz CT molecular complexity index is 342. The van der Waals surface area contributed by atoms with E-state index in [4.69, 9.17) is 5.73 Å². The molecule has 0 saturated heterocycles. The maximum Gasteiger partial charge on any atom is 0.130 e. The Morgan fingerprint density at radius 2 is 2.40 bits per heavy atom. The fourth-order valence-electron chi connectivity index (χ4n) is 1.44. The minimum atomic E-state index is 0.601. The lowest BCUT2D eigenvalue weighted by Gasteiger charge is -1.99. The van der Waals surface area contributed by atoms with Crippen molar-refractivity contribution in [2.45, 2.75) is 25.3 Å². The van der Waals surface area contributed by atoms with Crippen molar-refractivity contribution < 1.29 is 0 Å². The summed E-state index contributed by atoms with van der Waals surface area (Å²) in [4.78, 5) is 4.03. The van der Waals surface area contributed by atoms with Gasteiger partial charge in [-0.15, -0.1) is 0 Å². The lowest BCUT2D eigenvalue weighted by molar-refractivity contribution is 0.691. The molecule has 0 spiro atoms. The van der Waals surface area contributed by atoms with E-state index in [2.05, 4.69) is 16.4 Å². The number of aromatic nitrogens is 1. The van der Waals surface area contributed by atoms with Crippen LogP contribution in [0.5, 0.6) is 0 Å². The van der Waals surface area contributed by atoms with Gasteiger partial charge < -0.3 is 11.1 Å².